The zero-order valence-corrected chi connectivity index (χ0v) is 17.0. The van der Waals surface area contributed by atoms with Crippen molar-refractivity contribution >= 4 is 27.3 Å². The third-order valence-electron chi connectivity index (χ3n) is 5.25. The first-order valence-electron chi connectivity index (χ1n) is 9.38. The van der Waals surface area contributed by atoms with Crippen molar-refractivity contribution in [3.05, 3.63) is 59.0 Å². The lowest BCUT2D eigenvalue weighted by atomic mass is 10.1. The van der Waals surface area contributed by atoms with E-state index in [-0.39, 0.29) is 5.91 Å². The zero-order valence-electron chi connectivity index (χ0n) is 16.2. The fraction of sp³-hybridized carbons (Fsp3) is 0.318. The highest BCUT2D eigenvalue weighted by Gasteiger charge is 2.25. The van der Waals surface area contributed by atoms with Crippen molar-refractivity contribution in [3.63, 3.8) is 0 Å². The highest BCUT2D eigenvalue weighted by atomic mass is 32.1. The van der Waals surface area contributed by atoms with Crippen molar-refractivity contribution in [2.75, 3.05) is 40.4 Å². The van der Waals surface area contributed by atoms with Crippen LogP contribution in [0, 0.1) is 0 Å². The lowest BCUT2D eigenvalue weighted by molar-refractivity contribution is 0.0626. The number of ether oxygens (including phenoxy) is 2. The van der Waals surface area contributed by atoms with Gasteiger partial charge in [0.1, 0.15) is 11.5 Å². The van der Waals surface area contributed by atoms with Crippen LogP contribution < -0.4 is 9.47 Å². The van der Waals surface area contributed by atoms with Crippen LogP contribution in [0.2, 0.25) is 0 Å². The van der Waals surface area contributed by atoms with E-state index >= 15 is 0 Å². The van der Waals surface area contributed by atoms with Gasteiger partial charge in [-0.3, -0.25) is 9.69 Å². The second kappa shape index (κ2) is 8.20. The number of thiophene rings is 1. The van der Waals surface area contributed by atoms with Crippen LogP contribution in [0.5, 0.6) is 11.5 Å². The Hall–Kier alpha value is -2.57. The summed E-state index contributed by atoms with van der Waals surface area (Å²) in [5.41, 5.74) is 1.96. The van der Waals surface area contributed by atoms with Crippen molar-refractivity contribution < 1.29 is 14.3 Å². The molecule has 1 saturated heterocycles. The molecule has 1 fully saturated rings. The molecule has 0 spiro atoms. The summed E-state index contributed by atoms with van der Waals surface area (Å²) in [6.07, 6.45) is 0. The van der Waals surface area contributed by atoms with E-state index in [2.05, 4.69) is 34.5 Å². The summed E-state index contributed by atoms with van der Waals surface area (Å²) in [6.45, 7) is 4.10. The van der Waals surface area contributed by atoms with Crippen LogP contribution in [0.15, 0.2) is 47.8 Å². The maximum atomic E-state index is 13.0. The number of benzene rings is 2. The van der Waals surface area contributed by atoms with Crippen LogP contribution in [0.1, 0.15) is 15.9 Å². The normalized spacial score (nSPS) is 15.0. The molecular weight excluding hydrogens is 372 g/mol. The zero-order chi connectivity index (χ0) is 19.5. The summed E-state index contributed by atoms with van der Waals surface area (Å²) in [5, 5.41) is 3.60. The average Bonchev–Trinajstić information content (AvgIpc) is 3.16. The Bertz CT molecular complexity index is 977. The fourth-order valence-corrected chi connectivity index (χ4v) is 4.60. The molecule has 2 aromatic carbocycles. The van der Waals surface area contributed by atoms with Crippen LogP contribution in [0.4, 0.5) is 0 Å². The highest BCUT2D eigenvalue weighted by molar-refractivity contribution is 7.17. The molecule has 28 heavy (non-hydrogen) atoms. The minimum Gasteiger partial charge on any atom is -0.497 e. The first-order valence-corrected chi connectivity index (χ1v) is 10.3. The van der Waals surface area contributed by atoms with Gasteiger partial charge in [0.05, 0.1) is 19.8 Å². The van der Waals surface area contributed by atoms with Gasteiger partial charge in [0.2, 0.25) is 0 Å². The van der Waals surface area contributed by atoms with E-state index in [4.69, 9.17) is 9.47 Å². The SMILES string of the molecule is COc1ccc(C(=O)N2CCN(Cc3csc4ccccc34)CC2)c(OC)c1. The third kappa shape index (κ3) is 3.70. The van der Waals surface area contributed by atoms with Crippen LogP contribution in [-0.2, 0) is 6.54 Å². The third-order valence-corrected chi connectivity index (χ3v) is 6.27. The van der Waals surface area contributed by atoms with Crippen LogP contribution in [0.3, 0.4) is 0 Å². The van der Waals surface area contributed by atoms with Crippen molar-refractivity contribution in [2.24, 2.45) is 0 Å². The van der Waals surface area contributed by atoms with E-state index in [1.807, 2.05) is 4.90 Å². The van der Waals surface area contributed by atoms with Crippen molar-refractivity contribution in [1.29, 1.82) is 0 Å². The molecular formula is C22H24N2O3S. The van der Waals surface area contributed by atoms with Gasteiger partial charge in [-0.2, -0.15) is 0 Å². The lowest BCUT2D eigenvalue weighted by Crippen LogP contribution is -2.48. The number of carbonyl (C=O) groups excluding carboxylic acids is 1. The minimum atomic E-state index is 0.0140. The molecule has 0 atom stereocenters. The topological polar surface area (TPSA) is 42.0 Å². The number of nitrogens with zero attached hydrogens (tertiary/aromatic N) is 2. The standard InChI is InChI=1S/C22H24N2O3S/c1-26-17-7-8-19(20(13-17)27-2)22(25)24-11-9-23(10-12-24)14-16-15-28-21-6-4-3-5-18(16)21/h3-8,13,15H,9-12,14H2,1-2H3. The summed E-state index contributed by atoms with van der Waals surface area (Å²) in [4.78, 5) is 17.3. The van der Waals surface area contributed by atoms with Crippen molar-refractivity contribution in [2.45, 2.75) is 6.54 Å². The van der Waals surface area contributed by atoms with E-state index in [1.54, 1.807) is 43.8 Å². The molecule has 0 saturated carbocycles. The second-order valence-electron chi connectivity index (χ2n) is 6.89. The Labute approximate surface area is 169 Å². The molecule has 5 nitrogen and oxygen atoms in total. The molecule has 4 rings (SSSR count). The summed E-state index contributed by atoms with van der Waals surface area (Å²) in [7, 11) is 3.18. The van der Waals surface area contributed by atoms with Gasteiger partial charge in [-0.1, -0.05) is 18.2 Å². The van der Waals surface area contributed by atoms with Gasteiger partial charge in [0.15, 0.2) is 0 Å². The molecule has 0 N–H and O–H groups in total. The Morgan fingerprint density at radius 2 is 1.82 bits per heavy atom. The molecule has 1 amide bonds. The molecule has 1 aliphatic rings. The predicted molar refractivity (Wildman–Crippen MR) is 113 cm³/mol. The summed E-state index contributed by atoms with van der Waals surface area (Å²) < 4.78 is 11.9. The van der Waals surface area contributed by atoms with E-state index < -0.39 is 0 Å². The Morgan fingerprint density at radius 3 is 2.57 bits per heavy atom. The van der Waals surface area contributed by atoms with Crippen molar-refractivity contribution in [1.82, 2.24) is 9.80 Å². The first kappa shape index (κ1) is 18.8. The first-order chi connectivity index (χ1) is 13.7. The van der Waals surface area contributed by atoms with E-state index in [0.717, 1.165) is 32.7 Å². The van der Waals surface area contributed by atoms with Crippen LogP contribution >= 0.6 is 11.3 Å². The number of carbonyl (C=O) groups is 1. The molecule has 1 aliphatic heterocycles. The summed E-state index contributed by atoms with van der Waals surface area (Å²) >= 11 is 1.80. The molecule has 3 aromatic rings. The Kier molecular flexibility index (Phi) is 5.50. The molecule has 0 unspecified atom stereocenters. The van der Waals surface area contributed by atoms with Crippen molar-refractivity contribution in [3.8, 4) is 11.5 Å². The summed E-state index contributed by atoms with van der Waals surface area (Å²) in [6, 6.07) is 13.9. The minimum absolute atomic E-state index is 0.0140. The molecule has 0 bridgehead atoms. The van der Waals surface area contributed by atoms with Gasteiger partial charge in [0, 0.05) is 43.5 Å². The number of piperazine rings is 1. The van der Waals surface area contributed by atoms with Gasteiger partial charge in [-0.05, 0) is 34.5 Å². The Morgan fingerprint density at radius 1 is 1.04 bits per heavy atom. The van der Waals surface area contributed by atoms with Gasteiger partial charge < -0.3 is 14.4 Å². The van der Waals surface area contributed by atoms with E-state index in [0.29, 0.717) is 17.1 Å². The fourth-order valence-electron chi connectivity index (χ4n) is 3.65. The molecule has 146 valence electrons. The predicted octanol–water partition coefficient (Wildman–Crippen LogP) is 3.88. The van der Waals surface area contributed by atoms with E-state index in [1.165, 1.54) is 15.6 Å². The maximum absolute atomic E-state index is 13.0. The molecule has 0 aliphatic carbocycles. The summed E-state index contributed by atoms with van der Waals surface area (Å²) in [5.74, 6) is 1.25. The number of amides is 1. The number of hydrogen-bond acceptors (Lipinski definition) is 5. The quantitative estimate of drug-likeness (QED) is 0.656. The smallest absolute Gasteiger partial charge is 0.257 e. The molecule has 2 heterocycles. The number of hydrogen-bond donors (Lipinski definition) is 0. The highest BCUT2D eigenvalue weighted by Crippen LogP contribution is 2.28. The maximum Gasteiger partial charge on any atom is 0.257 e. The van der Waals surface area contributed by atoms with Crippen LogP contribution in [0.25, 0.3) is 10.1 Å². The number of rotatable bonds is 5. The van der Waals surface area contributed by atoms with Gasteiger partial charge in [-0.25, -0.2) is 0 Å². The number of fused-ring (bicyclic) bond motifs is 1. The van der Waals surface area contributed by atoms with Crippen LogP contribution in [-0.4, -0.2) is 56.1 Å². The lowest BCUT2D eigenvalue weighted by Gasteiger charge is -2.35. The molecule has 6 heteroatoms. The molecule has 0 radical (unpaired) electrons. The van der Waals surface area contributed by atoms with Gasteiger partial charge in [-0.15, -0.1) is 11.3 Å². The largest absolute Gasteiger partial charge is 0.497 e. The van der Waals surface area contributed by atoms with Gasteiger partial charge >= 0.3 is 0 Å². The number of methoxy groups -OCH3 is 2. The average molecular weight is 397 g/mol. The Balaban J connectivity index is 1.40. The molecule has 1 aromatic heterocycles. The van der Waals surface area contributed by atoms with E-state index in [9.17, 15) is 4.79 Å². The second-order valence-corrected chi connectivity index (χ2v) is 7.80. The van der Waals surface area contributed by atoms with Gasteiger partial charge in [0.25, 0.3) is 5.91 Å². The monoisotopic (exact) mass is 396 g/mol.